The average Bonchev–Trinajstić information content (AvgIpc) is 2.39. The van der Waals surface area contributed by atoms with Crippen LogP contribution in [0.3, 0.4) is 0 Å². The Kier molecular flexibility index (Phi) is 8.42. The van der Waals surface area contributed by atoms with E-state index >= 15 is 0 Å². The van der Waals surface area contributed by atoms with E-state index in [9.17, 15) is 0 Å². The van der Waals surface area contributed by atoms with Crippen molar-refractivity contribution in [2.45, 2.75) is 77.2 Å². The predicted molar refractivity (Wildman–Crippen MR) is 77.4 cm³/mol. The molecule has 1 fully saturated rings. The molecule has 0 radical (unpaired) electrons. The lowest BCUT2D eigenvalue weighted by Crippen LogP contribution is -2.37. The number of piperidine rings is 1. The lowest BCUT2D eigenvalue weighted by molar-refractivity contribution is 0.181. The topological polar surface area (TPSA) is 3.24 Å². The Hall–Kier alpha value is -0.300. The van der Waals surface area contributed by atoms with Gasteiger partial charge in [-0.05, 0) is 32.4 Å². The molecule has 1 unspecified atom stereocenters. The van der Waals surface area contributed by atoms with Gasteiger partial charge in [0.05, 0.1) is 0 Å². The van der Waals surface area contributed by atoms with E-state index in [0.29, 0.717) is 6.04 Å². The summed E-state index contributed by atoms with van der Waals surface area (Å²) in [6, 6.07) is 0.654. The van der Waals surface area contributed by atoms with Crippen molar-refractivity contribution >= 4 is 0 Å². The minimum Gasteiger partial charge on any atom is -0.297 e. The third kappa shape index (κ3) is 6.26. The fourth-order valence-corrected chi connectivity index (χ4v) is 2.83. The second-order valence-electron chi connectivity index (χ2n) is 5.46. The number of hydrogen-bond donors (Lipinski definition) is 0. The van der Waals surface area contributed by atoms with Gasteiger partial charge in [0.25, 0.3) is 0 Å². The van der Waals surface area contributed by atoms with Crippen molar-refractivity contribution in [3.05, 3.63) is 12.7 Å². The zero-order chi connectivity index (χ0) is 12.3. The van der Waals surface area contributed by atoms with Crippen LogP contribution in [0.25, 0.3) is 0 Å². The third-order valence-electron chi connectivity index (χ3n) is 3.99. The minimum absolute atomic E-state index is 0.654. The molecule has 1 heterocycles. The highest BCUT2D eigenvalue weighted by atomic mass is 15.2. The van der Waals surface area contributed by atoms with Gasteiger partial charge in [0.1, 0.15) is 0 Å². The first-order valence-electron chi connectivity index (χ1n) is 7.75. The van der Waals surface area contributed by atoms with Crippen molar-refractivity contribution in [3.63, 3.8) is 0 Å². The van der Waals surface area contributed by atoms with Crippen LogP contribution in [0, 0.1) is 0 Å². The molecule has 1 saturated heterocycles. The van der Waals surface area contributed by atoms with E-state index in [1.54, 1.807) is 0 Å². The Labute approximate surface area is 108 Å². The van der Waals surface area contributed by atoms with Crippen LogP contribution in [-0.2, 0) is 0 Å². The molecule has 0 aromatic rings. The standard InChI is InChI=1S/C16H31N/c1-3-5-6-7-8-10-13-16(4-2)17-14-11-9-12-15-17/h4,16H,2-3,5-15H2,1H3. The molecule has 0 aliphatic carbocycles. The molecule has 1 aliphatic heterocycles. The second-order valence-corrected chi connectivity index (χ2v) is 5.46. The Morgan fingerprint density at radius 3 is 2.29 bits per heavy atom. The van der Waals surface area contributed by atoms with Gasteiger partial charge in [-0.25, -0.2) is 0 Å². The number of likely N-dealkylation sites (tertiary alicyclic amines) is 1. The van der Waals surface area contributed by atoms with Gasteiger partial charge >= 0.3 is 0 Å². The van der Waals surface area contributed by atoms with Gasteiger partial charge in [-0.3, -0.25) is 4.90 Å². The molecule has 0 saturated carbocycles. The van der Waals surface area contributed by atoms with Crippen molar-refractivity contribution in [1.82, 2.24) is 4.90 Å². The van der Waals surface area contributed by atoms with Crippen LogP contribution in [0.5, 0.6) is 0 Å². The molecule has 17 heavy (non-hydrogen) atoms. The normalized spacial score (nSPS) is 19.1. The van der Waals surface area contributed by atoms with Crippen molar-refractivity contribution in [3.8, 4) is 0 Å². The molecule has 0 amide bonds. The summed E-state index contributed by atoms with van der Waals surface area (Å²) in [5.74, 6) is 0. The number of unbranched alkanes of at least 4 members (excludes halogenated alkanes) is 5. The minimum atomic E-state index is 0.654. The average molecular weight is 237 g/mol. The fraction of sp³-hybridized carbons (Fsp3) is 0.875. The molecule has 1 aliphatic rings. The molecular formula is C16H31N. The Bertz CT molecular complexity index is 182. The van der Waals surface area contributed by atoms with E-state index < -0.39 is 0 Å². The lowest BCUT2D eigenvalue weighted by atomic mass is 10.0. The molecule has 1 nitrogen and oxygen atoms in total. The maximum atomic E-state index is 4.02. The van der Waals surface area contributed by atoms with Crippen molar-refractivity contribution in [2.75, 3.05) is 13.1 Å². The van der Waals surface area contributed by atoms with Gasteiger partial charge in [0, 0.05) is 6.04 Å². The van der Waals surface area contributed by atoms with E-state index in [2.05, 4.69) is 24.5 Å². The second kappa shape index (κ2) is 9.70. The number of hydrogen-bond acceptors (Lipinski definition) is 1. The quantitative estimate of drug-likeness (QED) is 0.412. The molecule has 100 valence electrons. The summed E-state index contributed by atoms with van der Waals surface area (Å²) in [5.41, 5.74) is 0. The Morgan fingerprint density at radius 1 is 1.00 bits per heavy atom. The molecule has 0 bridgehead atoms. The van der Waals surface area contributed by atoms with Gasteiger partial charge in [-0.15, -0.1) is 6.58 Å². The van der Waals surface area contributed by atoms with Crippen LogP contribution in [0.2, 0.25) is 0 Å². The smallest absolute Gasteiger partial charge is 0.0275 e. The van der Waals surface area contributed by atoms with Crippen LogP contribution in [0.15, 0.2) is 12.7 Å². The zero-order valence-corrected chi connectivity index (χ0v) is 11.8. The van der Waals surface area contributed by atoms with Crippen LogP contribution in [0.4, 0.5) is 0 Å². The van der Waals surface area contributed by atoms with Crippen LogP contribution < -0.4 is 0 Å². The maximum Gasteiger partial charge on any atom is 0.0275 e. The highest BCUT2D eigenvalue weighted by Crippen LogP contribution is 2.17. The molecule has 0 N–H and O–H groups in total. The summed E-state index contributed by atoms with van der Waals surface area (Å²) < 4.78 is 0. The summed E-state index contributed by atoms with van der Waals surface area (Å²) in [6.45, 7) is 8.90. The SMILES string of the molecule is C=CC(CCCCCCCC)N1CCCCC1. The number of rotatable bonds is 9. The zero-order valence-electron chi connectivity index (χ0n) is 11.8. The summed E-state index contributed by atoms with van der Waals surface area (Å²) in [4.78, 5) is 2.64. The third-order valence-corrected chi connectivity index (χ3v) is 3.99. The van der Waals surface area contributed by atoms with E-state index in [0.717, 1.165) is 0 Å². The number of nitrogens with zero attached hydrogens (tertiary/aromatic N) is 1. The van der Waals surface area contributed by atoms with Crippen molar-refractivity contribution < 1.29 is 0 Å². The van der Waals surface area contributed by atoms with Crippen LogP contribution in [0.1, 0.15) is 71.1 Å². The van der Waals surface area contributed by atoms with Crippen LogP contribution >= 0.6 is 0 Å². The highest BCUT2D eigenvalue weighted by Gasteiger charge is 2.17. The fourth-order valence-electron chi connectivity index (χ4n) is 2.83. The van der Waals surface area contributed by atoms with Crippen LogP contribution in [-0.4, -0.2) is 24.0 Å². The predicted octanol–water partition coefficient (Wildman–Crippen LogP) is 4.78. The molecule has 1 heteroatoms. The molecule has 0 aromatic carbocycles. The summed E-state index contributed by atoms with van der Waals surface area (Å²) in [7, 11) is 0. The van der Waals surface area contributed by atoms with E-state index in [4.69, 9.17) is 0 Å². The van der Waals surface area contributed by atoms with E-state index in [-0.39, 0.29) is 0 Å². The highest BCUT2D eigenvalue weighted by molar-refractivity contribution is 4.88. The first-order chi connectivity index (χ1) is 8.38. The molecule has 1 atom stereocenters. The van der Waals surface area contributed by atoms with Gasteiger partial charge in [-0.2, -0.15) is 0 Å². The van der Waals surface area contributed by atoms with Gasteiger partial charge < -0.3 is 0 Å². The lowest BCUT2D eigenvalue weighted by Gasteiger charge is -2.32. The molecule has 0 spiro atoms. The first kappa shape index (κ1) is 14.8. The summed E-state index contributed by atoms with van der Waals surface area (Å²) >= 11 is 0. The Morgan fingerprint density at radius 2 is 1.65 bits per heavy atom. The molecule has 1 rings (SSSR count). The largest absolute Gasteiger partial charge is 0.297 e. The van der Waals surface area contributed by atoms with Crippen molar-refractivity contribution in [2.24, 2.45) is 0 Å². The molecular weight excluding hydrogens is 206 g/mol. The summed E-state index contributed by atoms with van der Waals surface area (Å²) in [6.07, 6.45) is 16.1. The van der Waals surface area contributed by atoms with Crippen molar-refractivity contribution in [1.29, 1.82) is 0 Å². The van der Waals surface area contributed by atoms with E-state index in [1.807, 2.05) is 0 Å². The monoisotopic (exact) mass is 237 g/mol. The van der Waals surface area contributed by atoms with Gasteiger partial charge in [0.2, 0.25) is 0 Å². The summed E-state index contributed by atoms with van der Waals surface area (Å²) in [5, 5.41) is 0. The van der Waals surface area contributed by atoms with E-state index in [1.165, 1.54) is 77.3 Å². The first-order valence-corrected chi connectivity index (χ1v) is 7.75. The maximum absolute atomic E-state index is 4.02. The Balaban J connectivity index is 2.07. The van der Waals surface area contributed by atoms with Gasteiger partial charge in [-0.1, -0.05) is 57.9 Å². The van der Waals surface area contributed by atoms with Gasteiger partial charge in [0.15, 0.2) is 0 Å². The molecule has 0 aromatic heterocycles.